The van der Waals surface area contributed by atoms with Gasteiger partial charge in [0.2, 0.25) is 10.0 Å². The van der Waals surface area contributed by atoms with E-state index in [1.54, 1.807) is 37.4 Å². The normalized spacial score (nSPS) is 12.4. The van der Waals surface area contributed by atoms with Crippen LogP contribution in [0.5, 0.6) is 0 Å². The van der Waals surface area contributed by atoms with Gasteiger partial charge in [-0.2, -0.15) is 0 Å². The third-order valence-corrected chi connectivity index (χ3v) is 8.92. The van der Waals surface area contributed by atoms with Gasteiger partial charge in [0.1, 0.15) is 17.2 Å². The van der Waals surface area contributed by atoms with Crippen molar-refractivity contribution in [3.05, 3.63) is 89.4 Å². The predicted molar refractivity (Wildman–Crippen MR) is 169 cm³/mol. The summed E-state index contributed by atoms with van der Waals surface area (Å²) in [5, 5.41) is 22.3. The van der Waals surface area contributed by atoms with E-state index in [-0.39, 0.29) is 49.1 Å². The minimum atomic E-state index is -3.89. The molecule has 3 aromatic heterocycles. The molecule has 0 saturated heterocycles. The number of rotatable bonds is 13. The summed E-state index contributed by atoms with van der Waals surface area (Å²) in [7, 11) is -3.89. The van der Waals surface area contributed by atoms with Crippen LogP contribution in [0.2, 0.25) is 0 Å². The van der Waals surface area contributed by atoms with Crippen LogP contribution >= 0.6 is 0 Å². The number of pyridine rings is 2. The molecule has 11 nitrogen and oxygen atoms in total. The number of sulfonamides is 1. The highest BCUT2D eigenvalue weighted by molar-refractivity contribution is 7.92. The minimum absolute atomic E-state index is 0.0235. The molecule has 0 saturated carbocycles. The van der Waals surface area contributed by atoms with E-state index in [0.29, 0.717) is 39.5 Å². The van der Waals surface area contributed by atoms with Gasteiger partial charge in [-0.25, -0.2) is 22.2 Å². The van der Waals surface area contributed by atoms with Crippen molar-refractivity contribution in [2.45, 2.75) is 19.8 Å². The first-order valence-corrected chi connectivity index (χ1v) is 16.1. The second kappa shape index (κ2) is 13.7. The highest BCUT2D eigenvalue weighted by atomic mass is 32.2. The number of aliphatic hydroxyl groups excluding tert-OH is 2. The Morgan fingerprint density at radius 2 is 1.76 bits per heavy atom. The molecular weight excluding hydrogens is 620 g/mol. The van der Waals surface area contributed by atoms with Crippen molar-refractivity contribution in [3.63, 3.8) is 0 Å². The van der Waals surface area contributed by atoms with Crippen LogP contribution in [0.1, 0.15) is 46.2 Å². The monoisotopic (exact) mass is 651 g/mol. The van der Waals surface area contributed by atoms with Crippen molar-refractivity contribution in [2.75, 3.05) is 30.2 Å². The minimum Gasteiger partial charge on any atom is -0.396 e. The first kappa shape index (κ1) is 32.6. The number of nitrogens with one attached hydrogen (secondary N) is 3. The van der Waals surface area contributed by atoms with Crippen molar-refractivity contribution in [1.82, 2.24) is 20.3 Å². The molecule has 0 spiro atoms. The molecular formula is C32H31F2N5O6S. The Hall–Kier alpha value is -4.79. The van der Waals surface area contributed by atoms with E-state index < -0.39 is 44.6 Å². The van der Waals surface area contributed by atoms with Crippen molar-refractivity contribution in [1.29, 1.82) is 0 Å². The van der Waals surface area contributed by atoms with E-state index in [1.807, 2.05) is 0 Å². The number of benzene rings is 2. The van der Waals surface area contributed by atoms with Gasteiger partial charge in [0.05, 0.1) is 17.0 Å². The van der Waals surface area contributed by atoms with Crippen LogP contribution in [0, 0.1) is 17.6 Å². The van der Waals surface area contributed by atoms with Crippen molar-refractivity contribution < 1.29 is 37.0 Å². The van der Waals surface area contributed by atoms with Gasteiger partial charge in [-0.15, -0.1) is 0 Å². The second-order valence-corrected chi connectivity index (χ2v) is 12.6. The summed E-state index contributed by atoms with van der Waals surface area (Å²) >= 11 is 0. The Morgan fingerprint density at radius 3 is 2.46 bits per heavy atom. The number of H-pyrrole nitrogens is 1. The number of hydrogen-bond donors (Lipinski definition) is 5. The molecule has 0 radical (unpaired) electrons. The van der Waals surface area contributed by atoms with Crippen LogP contribution in [0.4, 0.5) is 14.5 Å². The van der Waals surface area contributed by atoms with Crippen LogP contribution in [-0.2, 0) is 10.0 Å². The van der Waals surface area contributed by atoms with Crippen molar-refractivity contribution >= 4 is 49.3 Å². The van der Waals surface area contributed by atoms with Crippen molar-refractivity contribution in [2.24, 2.45) is 5.92 Å². The van der Waals surface area contributed by atoms with Gasteiger partial charge in [0.15, 0.2) is 11.6 Å². The number of carbonyl (C=O) groups excluding carboxylic acids is 2. The zero-order valence-electron chi connectivity index (χ0n) is 24.7. The number of carbonyl (C=O) groups is 2. The van der Waals surface area contributed by atoms with Crippen LogP contribution in [0.15, 0.2) is 60.9 Å². The number of fused-ring (bicyclic) bond motifs is 3. The molecule has 240 valence electrons. The van der Waals surface area contributed by atoms with Crippen LogP contribution in [0.3, 0.4) is 0 Å². The smallest absolute Gasteiger partial charge is 0.269 e. The Kier molecular flexibility index (Phi) is 9.70. The molecule has 0 aliphatic carbocycles. The van der Waals surface area contributed by atoms with Crippen LogP contribution in [0.25, 0.3) is 33.1 Å². The van der Waals surface area contributed by atoms with Gasteiger partial charge in [-0.05, 0) is 55.3 Å². The number of hydrogen-bond acceptors (Lipinski definition) is 8. The quantitative estimate of drug-likeness (QED) is 0.118. The third kappa shape index (κ3) is 6.88. The van der Waals surface area contributed by atoms with Crippen molar-refractivity contribution in [3.8, 4) is 11.1 Å². The molecule has 5 N–H and O–H groups in total. The number of aromatic amines is 1. The summed E-state index contributed by atoms with van der Waals surface area (Å²) in [5.74, 6) is -4.38. The molecule has 0 aliphatic heterocycles. The van der Waals surface area contributed by atoms with Crippen LogP contribution in [-0.4, -0.2) is 70.8 Å². The van der Waals surface area contributed by atoms with Gasteiger partial charge in [-0.3, -0.25) is 19.3 Å². The van der Waals surface area contributed by atoms with E-state index in [9.17, 15) is 27.5 Å². The highest BCUT2D eigenvalue weighted by Crippen LogP contribution is 2.31. The Balaban J connectivity index is 1.43. The third-order valence-electron chi connectivity index (χ3n) is 7.45. The lowest BCUT2D eigenvalue weighted by atomic mass is 9.99. The molecule has 0 aliphatic rings. The summed E-state index contributed by atoms with van der Waals surface area (Å²) in [6, 6.07) is 11.3. The molecule has 3 heterocycles. The molecule has 5 rings (SSSR count). The molecule has 1 unspecified atom stereocenters. The fourth-order valence-electron chi connectivity index (χ4n) is 5.01. The molecule has 0 fully saturated rings. The number of aromatic nitrogens is 3. The number of ketones is 1. The van der Waals surface area contributed by atoms with Gasteiger partial charge in [-0.1, -0.05) is 13.0 Å². The highest BCUT2D eigenvalue weighted by Gasteiger charge is 2.24. The standard InChI is InChI=1S/C32H31F2N5O6S/c1-2-11-46(44,45)39-26-8-5-24(33)28(29(26)34)30(42)19-3-6-25-22(12-19)23-13-21(16-36-31(23)38-25)20-4-7-27(35-15-20)32(43)37-14-18(17-41)9-10-40/h3-8,12-13,15-16,18,39-41H,2,9-11,14,17H2,1H3,(H,36,38)(H,37,43). The second-order valence-electron chi connectivity index (χ2n) is 10.7. The summed E-state index contributed by atoms with van der Waals surface area (Å²) in [6.45, 7) is 1.56. The van der Waals surface area contributed by atoms with Gasteiger partial charge in [0, 0.05) is 71.0 Å². The molecule has 0 bridgehead atoms. The largest absolute Gasteiger partial charge is 0.396 e. The fraction of sp³-hybridized carbons (Fsp3) is 0.250. The maximum Gasteiger partial charge on any atom is 0.269 e. The van der Waals surface area contributed by atoms with E-state index >= 15 is 4.39 Å². The SMILES string of the molecule is CCCS(=O)(=O)Nc1ccc(F)c(C(=O)c2ccc3[nH]c4ncc(-c5ccc(C(=O)NCC(CO)CCO)nc5)cc4c3c2)c1F. The Labute approximate surface area is 262 Å². The summed E-state index contributed by atoms with van der Waals surface area (Å²) in [5.41, 5.74) is 1.15. The number of aliphatic hydroxyl groups is 2. The topological polar surface area (TPSA) is 174 Å². The van der Waals surface area contributed by atoms with Gasteiger partial charge >= 0.3 is 0 Å². The first-order valence-electron chi connectivity index (χ1n) is 14.5. The zero-order chi connectivity index (χ0) is 33.0. The van der Waals surface area contributed by atoms with Gasteiger partial charge < -0.3 is 20.5 Å². The zero-order valence-corrected chi connectivity index (χ0v) is 25.5. The lowest BCUT2D eigenvalue weighted by Gasteiger charge is -2.13. The van der Waals surface area contributed by atoms with E-state index in [4.69, 9.17) is 5.11 Å². The lowest BCUT2D eigenvalue weighted by molar-refractivity contribution is 0.0928. The average Bonchev–Trinajstić information content (AvgIpc) is 3.41. The Bertz CT molecular complexity index is 2030. The summed E-state index contributed by atoms with van der Waals surface area (Å²) < 4.78 is 56.6. The fourth-order valence-corrected chi connectivity index (χ4v) is 6.14. The van der Waals surface area contributed by atoms with Gasteiger partial charge in [0.25, 0.3) is 5.91 Å². The number of amides is 1. The lowest BCUT2D eigenvalue weighted by Crippen LogP contribution is -2.31. The number of nitrogens with zero attached hydrogens (tertiary/aromatic N) is 2. The van der Waals surface area contributed by atoms with E-state index in [2.05, 4.69) is 25.0 Å². The average molecular weight is 652 g/mol. The molecule has 46 heavy (non-hydrogen) atoms. The number of halogens is 2. The molecule has 5 aromatic rings. The molecule has 14 heteroatoms. The molecule has 1 atom stereocenters. The Morgan fingerprint density at radius 1 is 0.978 bits per heavy atom. The van der Waals surface area contributed by atoms with E-state index in [0.717, 1.165) is 12.1 Å². The predicted octanol–water partition coefficient (Wildman–Crippen LogP) is 4.16. The molecule has 2 aromatic carbocycles. The molecule has 1 amide bonds. The maximum atomic E-state index is 15.3. The first-order chi connectivity index (χ1) is 22.0. The maximum absolute atomic E-state index is 15.3. The number of anilines is 1. The van der Waals surface area contributed by atoms with E-state index in [1.165, 1.54) is 18.3 Å². The van der Waals surface area contributed by atoms with Crippen LogP contribution < -0.4 is 10.0 Å². The summed E-state index contributed by atoms with van der Waals surface area (Å²) in [6.07, 6.45) is 3.75. The summed E-state index contributed by atoms with van der Waals surface area (Å²) in [4.78, 5) is 37.8.